The van der Waals surface area contributed by atoms with Crippen LogP contribution < -0.4 is 10.9 Å². The second-order valence-electron chi connectivity index (χ2n) is 6.05. The van der Waals surface area contributed by atoms with Crippen LogP contribution in [0, 0.1) is 6.92 Å². The molecule has 0 bridgehead atoms. The maximum Gasteiger partial charge on any atom is 0.254 e. The number of carbonyl (C=O) groups is 1. The van der Waals surface area contributed by atoms with Crippen molar-refractivity contribution in [1.29, 1.82) is 0 Å². The average molecular weight is 339 g/mol. The fraction of sp³-hybridized carbons (Fsp3) is 0.294. The lowest BCUT2D eigenvalue weighted by atomic mass is 10.1. The minimum absolute atomic E-state index is 0.269. The number of hydrogen-bond donors (Lipinski definition) is 2. The number of rotatable bonds is 3. The molecule has 2 N–H and O–H groups in total. The fourth-order valence-electron chi connectivity index (χ4n) is 2.80. The number of H-pyrrole nitrogens is 1. The maximum atomic E-state index is 12.3. The highest BCUT2D eigenvalue weighted by atomic mass is 16.5. The second-order valence-corrected chi connectivity index (χ2v) is 6.05. The Morgan fingerprint density at radius 2 is 2.16 bits per heavy atom. The number of nitrogens with zero attached hydrogens (tertiary/aromatic N) is 3. The number of fused-ring (bicyclic) bond motifs is 1. The molecule has 1 aliphatic rings. The number of ether oxygens (including phenoxy) is 1. The molecule has 1 aliphatic heterocycles. The molecule has 1 atom stereocenters. The summed E-state index contributed by atoms with van der Waals surface area (Å²) in [5.74, 6) is 0.724. The number of anilines is 1. The monoisotopic (exact) mass is 339 g/mol. The summed E-state index contributed by atoms with van der Waals surface area (Å²) in [4.78, 5) is 31.1. The Kier molecular flexibility index (Phi) is 3.81. The molecule has 0 saturated carbocycles. The quantitative estimate of drug-likeness (QED) is 0.753. The number of nitrogens with one attached hydrogen (secondary N) is 2. The van der Waals surface area contributed by atoms with Gasteiger partial charge in [-0.1, -0.05) is 29.8 Å². The predicted octanol–water partition coefficient (Wildman–Crippen LogP) is 1.51. The SMILES string of the molecule is Cc1ccc(-c2nc3[nH]c(=O)cc(NC(=O)C4CCCO4)n3n2)cc1. The molecule has 1 unspecified atom stereocenters. The number of aryl methyl sites for hydroxylation is 1. The van der Waals surface area contributed by atoms with Gasteiger partial charge in [-0.2, -0.15) is 9.50 Å². The van der Waals surface area contributed by atoms with Crippen molar-refractivity contribution in [3.63, 3.8) is 0 Å². The lowest BCUT2D eigenvalue weighted by Crippen LogP contribution is -2.28. The highest BCUT2D eigenvalue weighted by Gasteiger charge is 2.24. The first-order chi connectivity index (χ1) is 12.1. The summed E-state index contributed by atoms with van der Waals surface area (Å²) in [6.07, 6.45) is 1.03. The van der Waals surface area contributed by atoms with Gasteiger partial charge in [-0.05, 0) is 19.8 Å². The molecule has 3 aromatic rings. The minimum Gasteiger partial charge on any atom is -0.368 e. The van der Waals surface area contributed by atoms with E-state index in [0.29, 0.717) is 18.9 Å². The Hall–Kier alpha value is -3.00. The molecule has 3 heterocycles. The first-order valence-electron chi connectivity index (χ1n) is 8.10. The van der Waals surface area contributed by atoms with Crippen molar-refractivity contribution < 1.29 is 9.53 Å². The molecule has 1 aromatic carbocycles. The Balaban J connectivity index is 1.72. The van der Waals surface area contributed by atoms with Crippen molar-refractivity contribution in [2.45, 2.75) is 25.9 Å². The number of carbonyl (C=O) groups excluding carboxylic acids is 1. The van der Waals surface area contributed by atoms with Crippen molar-refractivity contribution in [2.24, 2.45) is 0 Å². The molecule has 8 heteroatoms. The van der Waals surface area contributed by atoms with E-state index < -0.39 is 6.10 Å². The van der Waals surface area contributed by atoms with E-state index in [1.807, 2.05) is 31.2 Å². The second kappa shape index (κ2) is 6.14. The van der Waals surface area contributed by atoms with Crippen LogP contribution in [0.2, 0.25) is 0 Å². The van der Waals surface area contributed by atoms with E-state index in [-0.39, 0.29) is 23.1 Å². The van der Waals surface area contributed by atoms with Gasteiger partial charge >= 0.3 is 0 Å². The first-order valence-corrected chi connectivity index (χ1v) is 8.10. The van der Waals surface area contributed by atoms with E-state index in [9.17, 15) is 9.59 Å². The molecule has 25 heavy (non-hydrogen) atoms. The molecule has 1 amide bonds. The highest BCUT2D eigenvalue weighted by Crippen LogP contribution is 2.19. The van der Waals surface area contributed by atoms with Gasteiger partial charge in [0.1, 0.15) is 11.9 Å². The summed E-state index contributed by atoms with van der Waals surface area (Å²) in [7, 11) is 0. The van der Waals surface area contributed by atoms with Gasteiger partial charge in [0, 0.05) is 18.2 Å². The topological polar surface area (TPSA) is 101 Å². The van der Waals surface area contributed by atoms with E-state index in [1.54, 1.807) is 0 Å². The zero-order valence-electron chi connectivity index (χ0n) is 13.7. The summed E-state index contributed by atoms with van der Waals surface area (Å²) in [6.45, 7) is 2.57. The number of benzene rings is 1. The van der Waals surface area contributed by atoms with Crippen LogP contribution in [0.4, 0.5) is 5.82 Å². The fourth-order valence-corrected chi connectivity index (χ4v) is 2.80. The third-order valence-corrected chi connectivity index (χ3v) is 4.12. The van der Waals surface area contributed by atoms with Gasteiger partial charge in [0.15, 0.2) is 5.82 Å². The van der Waals surface area contributed by atoms with Crippen LogP contribution >= 0.6 is 0 Å². The van der Waals surface area contributed by atoms with Crippen molar-refractivity contribution in [2.75, 3.05) is 11.9 Å². The number of aromatic nitrogens is 4. The van der Waals surface area contributed by atoms with Gasteiger partial charge in [0.2, 0.25) is 5.78 Å². The van der Waals surface area contributed by atoms with Crippen molar-refractivity contribution in [1.82, 2.24) is 19.6 Å². The molecule has 0 aliphatic carbocycles. The van der Waals surface area contributed by atoms with Gasteiger partial charge in [-0.15, -0.1) is 5.10 Å². The van der Waals surface area contributed by atoms with E-state index in [0.717, 1.165) is 17.5 Å². The average Bonchev–Trinajstić information content (AvgIpc) is 3.24. The predicted molar refractivity (Wildman–Crippen MR) is 91.4 cm³/mol. The van der Waals surface area contributed by atoms with Crippen molar-refractivity contribution in [3.8, 4) is 11.4 Å². The third kappa shape index (κ3) is 3.03. The molecule has 4 rings (SSSR count). The van der Waals surface area contributed by atoms with Crippen molar-refractivity contribution in [3.05, 3.63) is 46.2 Å². The molecular formula is C17H17N5O3. The van der Waals surface area contributed by atoms with Gasteiger partial charge in [0.05, 0.1) is 0 Å². The lowest BCUT2D eigenvalue weighted by Gasteiger charge is -2.10. The Labute approximate surface area is 142 Å². The number of hydrogen-bond acceptors (Lipinski definition) is 5. The van der Waals surface area contributed by atoms with Gasteiger partial charge in [-0.3, -0.25) is 14.6 Å². The van der Waals surface area contributed by atoms with Gasteiger partial charge < -0.3 is 10.1 Å². The van der Waals surface area contributed by atoms with E-state index in [4.69, 9.17) is 4.74 Å². The Morgan fingerprint density at radius 1 is 1.36 bits per heavy atom. The molecule has 8 nitrogen and oxygen atoms in total. The smallest absolute Gasteiger partial charge is 0.254 e. The first kappa shape index (κ1) is 15.5. The molecule has 128 valence electrons. The molecule has 0 spiro atoms. The zero-order valence-corrected chi connectivity index (χ0v) is 13.7. The summed E-state index contributed by atoms with van der Waals surface area (Å²) in [6, 6.07) is 9.03. The van der Waals surface area contributed by atoms with Gasteiger partial charge in [0.25, 0.3) is 11.5 Å². The largest absolute Gasteiger partial charge is 0.368 e. The number of amides is 1. The van der Waals surface area contributed by atoms with Crippen LogP contribution in [-0.4, -0.2) is 38.2 Å². The van der Waals surface area contributed by atoms with E-state index >= 15 is 0 Å². The van der Waals surface area contributed by atoms with Crippen LogP contribution in [-0.2, 0) is 9.53 Å². The minimum atomic E-state index is -0.491. The third-order valence-electron chi connectivity index (χ3n) is 4.12. The summed E-state index contributed by atoms with van der Waals surface area (Å²) < 4.78 is 6.79. The lowest BCUT2D eigenvalue weighted by molar-refractivity contribution is -0.124. The normalized spacial score (nSPS) is 17.1. The molecular weight excluding hydrogens is 322 g/mol. The highest BCUT2D eigenvalue weighted by molar-refractivity contribution is 5.93. The molecule has 0 radical (unpaired) electrons. The number of aromatic amines is 1. The Morgan fingerprint density at radius 3 is 2.88 bits per heavy atom. The van der Waals surface area contributed by atoms with E-state index in [1.165, 1.54) is 10.6 Å². The Bertz CT molecular complexity index is 984. The summed E-state index contributed by atoms with van der Waals surface area (Å²) in [5.41, 5.74) is 1.59. The van der Waals surface area contributed by atoms with Crippen LogP contribution in [0.1, 0.15) is 18.4 Å². The van der Waals surface area contributed by atoms with Crippen molar-refractivity contribution >= 4 is 17.5 Å². The maximum absolute atomic E-state index is 12.3. The molecule has 1 saturated heterocycles. The summed E-state index contributed by atoms with van der Waals surface area (Å²) in [5, 5.41) is 7.13. The molecule has 2 aromatic heterocycles. The zero-order chi connectivity index (χ0) is 17.4. The van der Waals surface area contributed by atoms with Crippen LogP contribution in [0.15, 0.2) is 35.1 Å². The molecule has 1 fully saturated rings. The van der Waals surface area contributed by atoms with Crippen LogP contribution in [0.3, 0.4) is 0 Å². The van der Waals surface area contributed by atoms with Crippen LogP contribution in [0.25, 0.3) is 17.2 Å². The summed E-state index contributed by atoms with van der Waals surface area (Å²) >= 11 is 0. The van der Waals surface area contributed by atoms with Gasteiger partial charge in [-0.25, -0.2) is 0 Å². The van der Waals surface area contributed by atoms with Crippen LogP contribution in [0.5, 0.6) is 0 Å². The van der Waals surface area contributed by atoms with E-state index in [2.05, 4.69) is 20.4 Å². The standard InChI is InChI=1S/C17H17N5O3/c1-10-4-6-11(7-5-10)15-20-17-19-14(23)9-13(22(17)21-15)18-16(24)12-3-2-8-25-12/h4-7,9,12H,2-3,8H2,1H3,(H,18,24)(H,19,20,21,23).